The van der Waals surface area contributed by atoms with Gasteiger partial charge in [-0.05, 0) is 36.2 Å². The molecule has 2 heterocycles. The van der Waals surface area contributed by atoms with Gasteiger partial charge in [-0.25, -0.2) is 4.79 Å². The second kappa shape index (κ2) is 5.89. The van der Waals surface area contributed by atoms with Crippen molar-refractivity contribution in [2.24, 2.45) is 0 Å². The van der Waals surface area contributed by atoms with E-state index >= 15 is 0 Å². The van der Waals surface area contributed by atoms with E-state index in [2.05, 4.69) is 24.9 Å². The first kappa shape index (κ1) is 14.7. The quantitative estimate of drug-likeness (QED) is 0.885. The highest BCUT2D eigenvalue weighted by Crippen LogP contribution is 2.30. The summed E-state index contributed by atoms with van der Waals surface area (Å²) in [6.07, 6.45) is 4.78. The molecule has 114 valence electrons. The zero-order valence-corrected chi connectivity index (χ0v) is 13.0. The van der Waals surface area contributed by atoms with Crippen molar-refractivity contribution in [3.05, 3.63) is 46.7 Å². The van der Waals surface area contributed by atoms with E-state index in [9.17, 15) is 4.79 Å². The lowest BCUT2D eigenvalue weighted by atomic mass is 9.94. The number of benzene rings is 1. The maximum atomic E-state index is 11.0. The Kier molecular flexibility index (Phi) is 3.94. The van der Waals surface area contributed by atoms with Crippen molar-refractivity contribution in [2.45, 2.75) is 26.3 Å². The van der Waals surface area contributed by atoms with E-state index in [1.54, 1.807) is 6.08 Å². The molecule has 1 aliphatic rings. The van der Waals surface area contributed by atoms with Crippen LogP contribution < -0.4 is 0 Å². The lowest BCUT2D eigenvalue weighted by molar-refractivity contribution is -0.131. The van der Waals surface area contributed by atoms with E-state index in [0.29, 0.717) is 0 Å². The normalized spacial score (nSPS) is 15.4. The van der Waals surface area contributed by atoms with Gasteiger partial charge in [-0.15, -0.1) is 0 Å². The van der Waals surface area contributed by atoms with Crippen LogP contribution in [0.15, 0.2) is 24.3 Å². The minimum atomic E-state index is -0.922. The standard InChI is InChI=1S/C18H20N2O2/c1-3-12-5-4-6-14-13(7-8-17(21)22)15-11-20(2)10-9-16(15)19-18(12)14/h4-8H,3,9-11H2,1-2H3,(H,21,22)/b8-7+. The van der Waals surface area contributed by atoms with Crippen molar-refractivity contribution in [3.8, 4) is 0 Å². The molecule has 1 aromatic carbocycles. The third-order valence-electron chi connectivity index (χ3n) is 4.26. The first-order valence-electron chi connectivity index (χ1n) is 7.63. The predicted octanol–water partition coefficient (Wildman–Crippen LogP) is 2.88. The summed E-state index contributed by atoms with van der Waals surface area (Å²) in [5, 5.41) is 10.0. The Balaban J connectivity index is 2.31. The SMILES string of the molecule is CCc1cccc2c(/C=C/C(=O)O)c3c(nc12)CCN(C)C3. The lowest BCUT2D eigenvalue weighted by Gasteiger charge is -2.27. The summed E-state index contributed by atoms with van der Waals surface area (Å²) in [6, 6.07) is 6.17. The Morgan fingerprint density at radius 3 is 3.00 bits per heavy atom. The number of hydrogen-bond acceptors (Lipinski definition) is 3. The average molecular weight is 296 g/mol. The number of rotatable bonds is 3. The van der Waals surface area contributed by atoms with Crippen LogP contribution in [0.4, 0.5) is 0 Å². The molecule has 0 fully saturated rings. The maximum Gasteiger partial charge on any atom is 0.328 e. The van der Waals surface area contributed by atoms with Gasteiger partial charge < -0.3 is 10.0 Å². The third-order valence-corrected chi connectivity index (χ3v) is 4.26. The second-order valence-corrected chi connectivity index (χ2v) is 5.78. The van der Waals surface area contributed by atoms with Crippen LogP contribution in [0.2, 0.25) is 0 Å². The van der Waals surface area contributed by atoms with Gasteiger partial charge in [0, 0.05) is 36.7 Å². The van der Waals surface area contributed by atoms with Crippen LogP contribution in [0.1, 0.15) is 29.3 Å². The van der Waals surface area contributed by atoms with E-state index in [1.807, 2.05) is 12.1 Å². The number of aliphatic carboxylic acids is 1. The van der Waals surface area contributed by atoms with Crippen LogP contribution in [-0.4, -0.2) is 34.6 Å². The Morgan fingerprint density at radius 1 is 1.45 bits per heavy atom. The monoisotopic (exact) mass is 296 g/mol. The molecule has 1 N–H and O–H groups in total. The number of carboxylic acid groups (broad SMARTS) is 1. The van der Waals surface area contributed by atoms with Gasteiger partial charge in [0.05, 0.1) is 5.52 Å². The Hall–Kier alpha value is -2.20. The van der Waals surface area contributed by atoms with E-state index in [-0.39, 0.29) is 0 Å². The van der Waals surface area contributed by atoms with Crippen molar-refractivity contribution in [3.63, 3.8) is 0 Å². The number of aryl methyl sites for hydroxylation is 1. The minimum Gasteiger partial charge on any atom is -0.478 e. The Bertz CT molecular complexity index is 765. The van der Waals surface area contributed by atoms with E-state index in [1.165, 1.54) is 11.6 Å². The summed E-state index contributed by atoms with van der Waals surface area (Å²) >= 11 is 0. The summed E-state index contributed by atoms with van der Waals surface area (Å²) in [7, 11) is 2.08. The van der Waals surface area contributed by atoms with Gasteiger partial charge in [0.25, 0.3) is 0 Å². The lowest BCUT2D eigenvalue weighted by Crippen LogP contribution is -2.28. The smallest absolute Gasteiger partial charge is 0.328 e. The molecule has 2 aromatic rings. The largest absolute Gasteiger partial charge is 0.478 e. The van der Waals surface area contributed by atoms with Gasteiger partial charge >= 0.3 is 5.97 Å². The summed E-state index contributed by atoms with van der Waals surface area (Å²) in [5.41, 5.74) is 5.50. The van der Waals surface area contributed by atoms with Crippen LogP contribution in [0.25, 0.3) is 17.0 Å². The van der Waals surface area contributed by atoms with Gasteiger partial charge in [-0.2, -0.15) is 0 Å². The van der Waals surface area contributed by atoms with Crippen molar-refractivity contribution in [2.75, 3.05) is 13.6 Å². The summed E-state index contributed by atoms with van der Waals surface area (Å²) < 4.78 is 0. The molecule has 0 radical (unpaired) electrons. The molecule has 4 nitrogen and oxygen atoms in total. The van der Waals surface area contributed by atoms with Gasteiger partial charge in [0.15, 0.2) is 0 Å². The number of likely N-dealkylation sites (N-methyl/N-ethyl adjacent to an activating group) is 1. The highest BCUT2D eigenvalue weighted by molar-refractivity contribution is 5.95. The van der Waals surface area contributed by atoms with Crippen LogP contribution >= 0.6 is 0 Å². The fraction of sp³-hybridized carbons (Fsp3) is 0.333. The number of hydrogen-bond donors (Lipinski definition) is 1. The van der Waals surface area contributed by atoms with Crippen LogP contribution in [0.3, 0.4) is 0 Å². The molecule has 1 aromatic heterocycles. The first-order valence-corrected chi connectivity index (χ1v) is 7.63. The second-order valence-electron chi connectivity index (χ2n) is 5.78. The molecule has 4 heteroatoms. The molecule has 0 unspecified atom stereocenters. The van der Waals surface area contributed by atoms with Crippen molar-refractivity contribution < 1.29 is 9.90 Å². The molecule has 1 aliphatic heterocycles. The maximum absolute atomic E-state index is 11.0. The Labute approximate surface area is 130 Å². The number of para-hydroxylation sites is 1. The molecule has 22 heavy (non-hydrogen) atoms. The fourth-order valence-corrected chi connectivity index (χ4v) is 3.12. The number of carbonyl (C=O) groups is 1. The average Bonchev–Trinajstić information content (AvgIpc) is 2.51. The molecule has 0 amide bonds. The molecule has 0 bridgehead atoms. The molecular formula is C18H20N2O2. The third kappa shape index (κ3) is 2.62. The van der Waals surface area contributed by atoms with Crippen molar-refractivity contribution in [1.29, 1.82) is 0 Å². The molecular weight excluding hydrogens is 276 g/mol. The molecule has 0 saturated carbocycles. The van der Waals surface area contributed by atoms with Gasteiger partial charge in [0.1, 0.15) is 0 Å². The number of carboxylic acids is 1. The van der Waals surface area contributed by atoms with Gasteiger partial charge in [-0.3, -0.25) is 4.98 Å². The van der Waals surface area contributed by atoms with Crippen molar-refractivity contribution >= 4 is 22.9 Å². The highest BCUT2D eigenvalue weighted by atomic mass is 16.4. The number of pyridine rings is 1. The number of fused-ring (bicyclic) bond motifs is 2. The van der Waals surface area contributed by atoms with Crippen LogP contribution in [0.5, 0.6) is 0 Å². The first-order chi connectivity index (χ1) is 10.6. The van der Waals surface area contributed by atoms with Crippen molar-refractivity contribution in [1.82, 2.24) is 9.88 Å². The number of aromatic nitrogens is 1. The van der Waals surface area contributed by atoms with Gasteiger partial charge in [-0.1, -0.05) is 25.1 Å². The van der Waals surface area contributed by atoms with E-state index in [4.69, 9.17) is 10.1 Å². The topological polar surface area (TPSA) is 53.4 Å². The number of nitrogens with zero attached hydrogens (tertiary/aromatic N) is 2. The van der Waals surface area contributed by atoms with Crippen LogP contribution in [-0.2, 0) is 24.2 Å². The Morgan fingerprint density at radius 2 is 2.27 bits per heavy atom. The zero-order chi connectivity index (χ0) is 15.7. The molecule has 0 aliphatic carbocycles. The molecule has 0 atom stereocenters. The van der Waals surface area contributed by atoms with Gasteiger partial charge in [0.2, 0.25) is 0 Å². The van der Waals surface area contributed by atoms with Crippen LogP contribution in [0, 0.1) is 0 Å². The molecule has 0 spiro atoms. The van der Waals surface area contributed by atoms with E-state index < -0.39 is 5.97 Å². The predicted molar refractivity (Wildman–Crippen MR) is 87.8 cm³/mol. The summed E-state index contributed by atoms with van der Waals surface area (Å²) in [4.78, 5) is 18.1. The highest BCUT2D eigenvalue weighted by Gasteiger charge is 2.20. The zero-order valence-electron chi connectivity index (χ0n) is 13.0. The summed E-state index contributed by atoms with van der Waals surface area (Å²) in [6.45, 7) is 3.92. The van der Waals surface area contributed by atoms with E-state index in [0.717, 1.165) is 53.7 Å². The molecule has 0 saturated heterocycles. The summed E-state index contributed by atoms with van der Waals surface area (Å²) in [5.74, 6) is -0.922. The fourth-order valence-electron chi connectivity index (χ4n) is 3.12. The minimum absolute atomic E-state index is 0.813. The molecule has 3 rings (SSSR count).